The summed E-state index contributed by atoms with van der Waals surface area (Å²) in [7, 11) is -0.761. The van der Waals surface area contributed by atoms with E-state index in [-0.39, 0.29) is 11.0 Å². The van der Waals surface area contributed by atoms with E-state index in [0.29, 0.717) is 5.75 Å². The number of nitrogens with two attached hydrogens (primary N) is 1. The Morgan fingerprint density at radius 3 is 1.92 bits per heavy atom. The van der Waals surface area contributed by atoms with Crippen molar-refractivity contribution < 1.29 is 4.21 Å². The molecule has 0 bridgehead atoms. The SMILES string of the molecule is CC(C)(C)CCS(=O)CC(C)(C)N. The van der Waals surface area contributed by atoms with Gasteiger partial charge < -0.3 is 5.73 Å². The minimum atomic E-state index is -0.761. The predicted octanol–water partition coefficient (Wildman–Crippen LogP) is 1.91. The molecule has 2 N–H and O–H groups in total. The van der Waals surface area contributed by atoms with E-state index in [1.165, 1.54) is 0 Å². The van der Waals surface area contributed by atoms with Crippen LogP contribution < -0.4 is 5.73 Å². The molecule has 0 aromatic rings. The molecule has 0 rings (SSSR count). The van der Waals surface area contributed by atoms with Gasteiger partial charge in [-0.25, -0.2) is 0 Å². The molecule has 3 heteroatoms. The van der Waals surface area contributed by atoms with Crippen LogP contribution in [0.3, 0.4) is 0 Å². The molecule has 0 aliphatic heterocycles. The van der Waals surface area contributed by atoms with E-state index in [9.17, 15) is 4.21 Å². The second-order valence-corrected chi connectivity index (χ2v) is 7.16. The van der Waals surface area contributed by atoms with Crippen molar-refractivity contribution >= 4 is 10.8 Å². The van der Waals surface area contributed by atoms with Gasteiger partial charge in [-0.3, -0.25) is 4.21 Å². The van der Waals surface area contributed by atoms with Crippen LogP contribution in [0.2, 0.25) is 0 Å². The second kappa shape index (κ2) is 4.56. The van der Waals surface area contributed by atoms with Gasteiger partial charge in [0.2, 0.25) is 0 Å². The van der Waals surface area contributed by atoms with E-state index in [2.05, 4.69) is 20.8 Å². The van der Waals surface area contributed by atoms with Gasteiger partial charge in [0.05, 0.1) is 0 Å². The molecule has 0 aromatic heterocycles. The summed E-state index contributed by atoms with van der Waals surface area (Å²) >= 11 is 0. The van der Waals surface area contributed by atoms with Crippen molar-refractivity contribution in [2.75, 3.05) is 11.5 Å². The molecule has 0 saturated heterocycles. The Morgan fingerprint density at radius 2 is 1.62 bits per heavy atom. The van der Waals surface area contributed by atoms with Crippen molar-refractivity contribution in [3.63, 3.8) is 0 Å². The van der Waals surface area contributed by atoms with Gasteiger partial charge in [-0.2, -0.15) is 0 Å². The first-order valence-electron chi connectivity index (χ1n) is 4.74. The molecule has 80 valence electrons. The molecule has 2 nitrogen and oxygen atoms in total. The first-order chi connectivity index (χ1) is 5.60. The van der Waals surface area contributed by atoms with Gasteiger partial charge in [0.15, 0.2) is 0 Å². The highest BCUT2D eigenvalue weighted by molar-refractivity contribution is 7.85. The summed E-state index contributed by atoms with van der Waals surface area (Å²) < 4.78 is 11.5. The fourth-order valence-electron chi connectivity index (χ4n) is 0.907. The van der Waals surface area contributed by atoms with Crippen LogP contribution in [0.15, 0.2) is 0 Å². The normalized spacial score (nSPS) is 15.8. The predicted molar refractivity (Wildman–Crippen MR) is 60.2 cm³/mol. The van der Waals surface area contributed by atoms with Gasteiger partial charge in [0.25, 0.3) is 0 Å². The lowest BCUT2D eigenvalue weighted by atomic mass is 9.94. The Hall–Kier alpha value is 0.110. The van der Waals surface area contributed by atoms with E-state index in [1.54, 1.807) is 0 Å². The third kappa shape index (κ3) is 10.0. The topological polar surface area (TPSA) is 43.1 Å². The molecule has 0 radical (unpaired) electrons. The molecular weight excluding hydrogens is 182 g/mol. The summed E-state index contributed by atoms with van der Waals surface area (Å²) in [6.07, 6.45) is 0.996. The molecule has 0 fully saturated rings. The van der Waals surface area contributed by atoms with Crippen LogP contribution in [0.1, 0.15) is 41.0 Å². The highest BCUT2D eigenvalue weighted by Crippen LogP contribution is 2.19. The van der Waals surface area contributed by atoms with E-state index >= 15 is 0 Å². The van der Waals surface area contributed by atoms with E-state index in [4.69, 9.17) is 5.73 Å². The molecule has 0 aliphatic carbocycles. The Balaban J connectivity index is 3.78. The Morgan fingerprint density at radius 1 is 1.15 bits per heavy atom. The Kier molecular flexibility index (Phi) is 4.60. The largest absolute Gasteiger partial charge is 0.325 e. The molecule has 0 aliphatic rings. The van der Waals surface area contributed by atoms with Crippen molar-refractivity contribution in [1.82, 2.24) is 0 Å². The maximum absolute atomic E-state index is 11.5. The Bertz CT molecular complexity index is 176. The lowest BCUT2D eigenvalue weighted by molar-refractivity contribution is 0.399. The molecule has 1 atom stereocenters. The molecule has 0 heterocycles. The van der Waals surface area contributed by atoms with Crippen LogP contribution in [0, 0.1) is 5.41 Å². The van der Waals surface area contributed by atoms with Gasteiger partial charge in [0, 0.05) is 27.8 Å². The molecule has 0 aromatic carbocycles. The lowest BCUT2D eigenvalue weighted by Crippen LogP contribution is -2.38. The maximum Gasteiger partial charge on any atom is 0.0409 e. The average molecular weight is 205 g/mol. The molecular formula is C10H23NOS. The van der Waals surface area contributed by atoms with Crippen molar-refractivity contribution in [2.45, 2.75) is 46.6 Å². The van der Waals surface area contributed by atoms with E-state index < -0.39 is 10.8 Å². The smallest absolute Gasteiger partial charge is 0.0409 e. The van der Waals surface area contributed by atoms with E-state index in [1.807, 2.05) is 13.8 Å². The first-order valence-corrected chi connectivity index (χ1v) is 6.23. The fourth-order valence-corrected chi connectivity index (χ4v) is 2.72. The standard InChI is InChI=1S/C10H23NOS/c1-9(2,3)6-7-13(12)8-10(4,5)11/h6-8,11H2,1-5H3. The molecule has 0 saturated carbocycles. The quantitative estimate of drug-likeness (QED) is 0.762. The third-order valence-corrected chi connectivity index (χ3v) is 3.34. The minimum absolute atomic E-state index is 0.272. The zero-order chi connectivity index (χ0) is 10.7. The van der Waals surface area contributed by atoms with Crippen molar-refractivity contribution in [3.05, 3.63) is 0 Å². The fraction of sp³-hybridized carbons (Fsp3) is 1.00. The summed E-state index contributed by atoms with van der Waals surface area (Å²) in [6, 6.07) is 0. The number of rotatable bonds is 4. The zero-order valence-corrected chi connectivity index (χ0v) is 10.3. The zero-order valence-electron chi connectivity index (χ0n) is 9.52. The van der Waals surface area contributed by atoms with Crippen molar-refractivity contribution in [1.29, 1.82) is 0 Å². The summed E-state index contributed by atoms with van der Waals surface area (Å²) in [5, 5.41) is 0. The van der Waals surface area contributed by atoms with Crippen LogP contribution >= 0.6 is 0 Å². The highest BCUT2D eigenvalue weighted by Gasteiger charge is 2.17. The molecule has 1 unspecified atom stereocenters. The van der Waals surface area contributed by atoms with Crippen LogP contribution in [0.25, 0.3) is 0 Å². The highest BCUT2D eigenvalue weighted by atomic mass is 32.2. The molecule has 13 heavy (non-hydrogen) atoms. The van der Waals surface area contributed by atoms with Crippen LogP contribution in [0.4, 0.5) is 0 Å². The average Bonchev–Trinajstić information content (AvgIpc) is 1.78. The summed E-state index contributed by atoms with van der Waals surface area (Å²) in [5.74, 6) is 1.37. The van der Waals surface area contributed by atoms with E-state index in [0.717, 1.165) is 12.2 Å². The number of hydrogen-bond donors (Lipinski definition) is 1. The minimum Gasteiger partial charge on any atom is -0.325 e. The second-order valence-electron chi connectivity index (χ2n) is 5.59. The van der Waals surface area contributed by atoms with Crippen LogP contribution in [-0.2, 0) is 10.8 Å². The van der Waals surface area contributed by atoms with Gasteiger partial charge in [-0.05, 0) is 25.7 Å². The van der Waals surface area contributed by atoms with Crippen molar-refractivity contribution in [2.24, 2.45) is 11.1 Å². The van der Waals surface area contributed by atoms with Gasteiger partial charge in [-0.15, -0.1) is 0 Å². The monoisotopic (exact) mass is 205 g/mol. The first kappa shape index (κ1) is 13.1. The summed E-state index contributed by atoms with van der Waals surface area (Å²) in [5.41, 5.74) is 5.75. The third-order valence-electron chi connectivity index (χ3n) is 1.61. The Labute approximate surface area is 84.7 Å². The van der Waals surface area contributed by atoms with Gasteiger partial charge >= 0.3 is 0 Å². The summed E-state index contributed by atoms with van der Waals surface area (Å²) in [4.78, 5) is 0. The van der Waals surface area contributed by atoms with Gasteiger partial charge in [0.1, 0.15) is 0 Å². The number of hydrogen-bond acceptors (Lipinski definition) is 2. The molecule has 0 spiro atoms. The van der Waals surface area contributed by atoms with Crippen LogP contribution in [-0.4, -0.2) is 21.3 Å². The summed E-state index contributed by atoms with van der Waals surface area (Å²) in [6.45, 7) is 10.3. The van der Waals surface area contributed by atoms with Crippen LogP contribution in [0.5, 0.6) is 0 Å². The lowest BCUT2D eigenvalue weighted by Gasteiger charge is -2.21. The van der Waals surface area contributed by atoms with Gasteiger partial charge in [-0.1, -0.05) is 20.8 Å². The maximum atomic E-state index is 11.5. The molecule has 0 amide bonds. The van der Waals surface area contributed by atoms with Crippen molar-refractivity contribution in [3.8, 4) is 0 Å².